The summed E-state index contributed by atoms with van der Waals surface area (Å²) in [6, 6.07) is 9.34. The lowest BCUT2D eigenvalue weighted by molar-refractivity contribution is 0.0146. The number of benzene rings is 1. The van der Waals surface area contributed by atoms with Gasteiger partial charge in [-0.05, 0) is 17.5 Å². The summed E-state index contributed by atoms with van der Waals surface area (Å²) < 4.78 is 5.42. The Morgan fingerprint density at radius 1 is 1.39 bits per heavy atom. The Hall–Kier alpha value is -1.55. The number of ether oxygens (including phenoxy) is 1. The van der Waals surface area contributed by atoms with Crippen molar-refractivity contribution in [2.24, 2.45) is 5.11 Å². The highest BCUT2D eigenvalue weighted by molar-refractivity contribution is 5.13. The van der Waals surface area contributed by atoms with Crippen molar-refractivity contribution in [1.29, 1.82) is 0 Å². The normalized spacial score (nSPS) is 13.7. The van der Waals surface area contributed by atoms with E-state index in [1.54, 1.807) is 0 Å². The van der Waals surface area contributed by atoms with Crippen LogP contribution < -0.4 is 0 Å². The van der Waals surface area contributed by atoms with E-state index in [4.69, 9.17) is 10.3 Å². The first-order valence-electron chi connectivity index (χ1n) is 6.11. The quantitative estimate of drug-likeness (QED) is 0.436. The van der Waals surface area contributed by atoms with Crippen molar-refractivity contribution >= 4 is 0 Å². The molecule has 0 aliphatic heterocycles. The SMILES string of the molecule is CCC[C@@H](N=[N+]=[N-])[C@H](O)COCc1ccccc1. The van der Waals surface area contributed by atoms with Crippen molar-refractivity contribution in [1.82, 2.24) is 0 Å². The minimum absolute atomic E-state index is 0.179. The lowest BCUT2D eigenvalue weighted by Crippen LogP contribution is -2.28. The van der Waals surface area contributed by atoms with E-state index in [0.717, 1.165) is 12.0 Å². The Kier molecular flexibility index (Phi) is 6.87. The first-order valence-corrected chi connectivity index (χ1v) is 6.11. The van der Waals surface area contributed by atoms with Crippen LogP contribution in [-0.2, 0) is 11.3 Å². The van der Waals surface area contributed by atoms with Gasteiger partial charge in [-0.1, -0.05) is 48.8 Å². The molecule has 5 nitrogen and oxygen atoms in total. The summed E-state index contributed by atoms with van der Waals surface area (Å²) in [7, 11) is 0. The molecule has 98 valence electrons. The van der Waals surface area contributed by atoms with E-state index in [-0.39, 0.29) is 6.61 Å². The van der Waals surface area contributed by atoms with Crippen molar-refractivity contribution in [3.8, 4) is 0 Å². The van der Waals surface area contributed by atoms with Gasteiger partial charge in [-0.2, -0.15) is 0 Å². The molecule has 1 N–H and O–H groups in total. The monoisotopic (exact) mass is 249 g/mol. The number of hydrogen-bond acceptors (Lipinski definition) is 3. The molecule has 0 aromatic heterocycles. The number of aliphatic hydroxyl groups is 1. The highest BCUT2D eigenvalue weighted by atomic mass is 16.5. The highest BCUT2D eigenvalue weighted by Gasteiger charge is 2.16. The van der Waals surface area contributed by atoms with Gasteiger partial charge in [0.05, 0.1) is 25.4 Å². The summed E-state index contributed by atoms with van der Waals surface area (Å²) in [6.07, 6.45) is 0.781. The summed E-state index contributed by atoms with van der Waals surface area (Å²) in [5.41, 5.74) is 9.48. The van der Waals surface area contributed by atoms with Gasteiger partial charge in [0, 0.05) is 4.91 Å². The zero-order valence-corrected chi connectivity index (χ0v) is 10.6. The number of aliphatic hydroxyl groups excluding tert-OH is 1. The van der Waals surface area contributed by atoms with Crippen LogP contribution >= 0.6 is 0 Å². The Morgan fingerprint density at radius 2 is 2.11 bits per heavy atom. The van der Waals surface area contributed by atoms with Crippen LogP contribution in [0.1, 0.15) is 25.3 Å². The predicted molar refractivity (Wildman–Crippen MR) is 69.9 cm³/mol. The van der Waals surface area contributed by atoms with Crippen LogP contribution in [0.3, 0.4) is 0 Å². The summed E-state index contributed by atoms with van der Waals surface area (Å²) in [5.74, 6) is 0. The average Bonchev–Trinajstić information content (AvgIpc) is 2.39. The van der Waals surface area contributed by atoms with Gasteiger partial charge in [0.15, 0.2) is 0 Å². The molecule has 1 aromatic rings. The third-order valence-electron chi connectivity index (χ3n) is 2.63. The minimum Gasteiger partial charge on any atom is -0.390 e. The fraction of sp³-hybridized carbons (Fsp3) is 0.538. The van der Waals surface area contributed by atoms with Gasteiger partial charge in [-0.3, -0.25) is 0 Å². The fourth-order valence-electron chi connectivity index (χ4n) is 1.67. The van der Waals surface area contributed by atoms with Crippen molar-refractivity contribution in [2.75, 3.05) is 6.61 Å². The van der Waals surface area contributed by atoms with E-state index < -0.39 is 12.1 Å². The van der Waals surface area contributed by atoms with Gasteiger partial charge in [0.2, 0.25) is 0 Å². The van der Waals surface area contributed by atoms with E-state index in [0.29, 0.717) is 13.0 Å². The van der Waals surface area contributed by atoms with E-state index >= 15 is 0 Å². The van der Waals surface area contributed by atoms with E-state index in [1.807, 2.05) is 37.3 Å². The zero-order valence-electron chi connectivity index (χ0n) is 10.6. The lowest BCUT2D eigenvalue weighted by atomic mass is 10.1. The molecule has 0 heterocycles. The largest absolute Gasteiger partial charge is 0.390 e. The number of nitrogens with zero attached hydrogens (tertiary/aromatic N) is 3. The molecule has 0 spiro atoms. The lowest BCUT2D eigenvalue weighted by Gasteiger charge is -2.17. The highest BCUT2D eigenvalue weighted by Crippen LogP contribution is 2.09. The van der Waals surface area contributed by atoms with Crippen molar-refractivity contribution in [2.45, 2.75) is 38.5 Å². The van der Waals surface area contributed by atoms with Crippen LogP contribution in [0.4, 0.5) is 0 Å². The molecule has 0 aliphatic rings. The molecular weight excluding hydrogens is 230 g/mol. The number of azide groups is 1. The first-order chi connectivity index (χ1) is 8.77. The van der Waals surface area contributed by atoms with Gasteiger partial charge in [-0.25, -0.2) is 0 Å². The molecule has 0 aliphatic carbocycles. The maximum absolute atomic E-state index is 9.86. The third-order valence-corrected chi connectivity index (χ3v) is 2.63. The van der Waals surface area contributed by atoms with E-state index in [1.165, 1.54) is 0 Å². The van der Waals surface area contributed by atoms with Gasteiger partial charge in [0.25, 0.3) is 0 Å². The minimum atomic E-state index is -0.746. The standard InChI is InChI=1S/C13H19N3O2/c1-2-6-12(15-16-14)13(17)10-18-9-11-7-4-3-5-8-11/h3-5,7-8,12-13,17H,2,6,9-10H2,1H3/t12-,13-/m1/s1. The summed E-state index contributed by atoms with van der Waals surface area (Å²) in [4.78, 5) is 2.75. The molecule has 0 fully saturated rings. The van der Waals surface area contributed by atoms with Gasteiger partial charge in [0.1, 0.15) is 0 Å². The van der Waals surface area contributed by atoms with E-state index in [9.17, 15) is 5.11 Å². The second-order valence-corrected chi connectivity index (χ2v) is 4.13. The Bertz CT molecular complexity index is 377. The molecule has 0 unspecified atom stereocenters. The molecule has 1 aromatic carbocycles. The number of hydrogen-bond donors (Lipinski definition) is 1. The van der Waals surface area contributed by atoms with Crippen LogP contribution in [0.2, 0.25) is 0 Å². The topological polar surface area (TPSA) is 78.2 Å². The molecule has 1 rings (SSSR count). The summed E-state index contributed by atoms with van der Waals surface area (Å²) in [5, 5.41) is 13.4. The number of rotatable bonds is 8. The van der Waals surface area contributed by atoms with E-state index in [2.05, 4.69) is 10.0 Å². The molecule has 0 saturated heterocycles. The summed E-state index contributed by atoms with van der Waals surface area (Å²) in [6.45, 7) is 2.61. The van der Waals surface area contributed by atoms with Crippen LogP contribution in [0.25, 0.3) is 10.4 Å². The molecule has 0 radical (unpaired) electrons. The van der Waals surface area contributed by atoms with Gasteiger partial charge < -0.3 is 9.84 Å². The van der Waals surface area contributed by atoms with Crippen LogP contribution in [0.5, 0.6) is 0 Å². The zero-order chi connectivity index (χ0) is 13.2. The third kappa shape index (κ3) is 5.19. The average molecular weight is 249 g/mol. The maximum atomic E-state index is 9.86. The second kappa shape index (κ2) is 8.53. The van der Waals surface area contributed by atoms with Gasteiger partial charge >= 0.3 is 0 Å². The second-order valence-electron chi connectivity index (χ2n) is 4.13. The molecule has 2 atom stereocenters. The Labute approximate surface area is 107 Å². The molecule has 18 heavy (non-hydrogen) atoms. The van der Waals surface area contributed by atoms with Crippen molar-refractivity contribution in [3.63, 3.8) is 0 Å². The Morgan fingerprint density at radius 3 is 2.72 bits per heavy atom. The maximum Gasteiger partial charge on any atom is 0.0858 e. The van der Waals surface area contributed by atoms with Crippen LogP contribution in [-0.4, -0.2) is 23.9 Å². The predicted octanol–water partition coefficient (Wildman–Crippen LogP) is 3.04. The smallest absolute Gasteiger partial charge is 0.0858 e. The Balaban J connectivity index is 2.35. The van der Waals surface area contributed by atoms with Gasteiger partial charge in [-0.15, -0.1) is 0 Å². The van der Waals surface area contributed by atoms with Crippen molar-refractivity contribution in [3.05, 3.63) is 46.3 Å². The fourth-order valence-corrected chi connectivity index (χ4v) is 1.67. The molecule has 0 bridgehead atoms. The first kappa shape index (κ1) is 14.5. The molecular formula is C13H19N3O2. The summed E-state index contributed by atoms with van der Waals surface area (Å²) >= 11 is 0. The van der Waals surface area contributed by atoms with Crippen LogP contribution in [0.15, 0.2) is 35.4 Å². The molecule has 0 saturated carbocycles. The molecule has 0 amide bonds. The van der Waals surface area contributed by atoms with Crippen molar-refractivity contribution < 1.29 is 9.84 Å². The van der Waals surface area contributed by atoms with Crippen LogP contribution in [0, 0.1) is 0 Å². The molecule has 5 heteroatoms.